The first-order chi connectivity index (χ1) is 8.18. The Morgan fingerprint density at radius 3 is 2.24 bits per heavy atom. The Morgan fingerprint density at radius 1 is 0.882 bits per heavy atom. The molecule has 0 aliphatic rings. The number of hydrogen-bond donors (Lipinski definition) is 0. The highest BCUT2D eigenvalue weighted by molar-refractivity contribution is 5.68. The van der Waals surface area contributed by atoms with Crippen molar-refractivity contribution in [3.8, 4) is 11.1 Å². The van der Waals surface area contributed by atoms with E-state index in [1.54, 1.807) is 0 Å². The van der Waals surface area contributed by atoms with Crippen molar-refractivity contribution < 1.29 is 0 Å². The Kier molecular flexibility index (Phi) is 3.63. The van der Waals surface area contributed by atoms with Crippen molar-refractivity contribution in [3.63, 3.8) is 0 Å². The molecule has 0 aliphatic carbocycles. The van der Waals surface area contributed by atoms with Crippen LogP contribution < -0.4 is 0 Å². The number of aryl methyl sites for hydroxylation is 1. The van der Waals surface area contributed by atoms with Crippen LogP contribution in [0.1, 0.15) is 25.0 Å². The molecule has 88 valence electrons. The van der Waals surface area contributed by atoms with Gasteiger partial charge in [-0.1, -0.05) is 62.4 Å². The zero-order chi connectivity index (χ0) is 12.3. The minimum atomic E-state index is 0.693. The Hall–Kier alpha value is -1.56. The molecule has 0 saturated carbocycles. The fourth-order valence-electron chi connectivity index (χ4n) is 2.27. The molecule has 0 fully saturated rings. The van der Waals surface area contributed by atoms with Crippen LogP contribution in [0, 0.1) is 12.8 Å². The van der Waals surface area contributed by atoms with Crippen molar-refractivity contribution in [2.75, 3.05) is 0 Å². The average molecular weight is 224 g/mol. The van der Waals surface area contributed by atoms with Gasteiger partial charge in [0.05, 0.1) is 0 Å². The van der Waals surface area contributed by atoms with E-state index in [4.69, 9.17) is 0 Å². The van der Waals surface area contributed by atoms with Gasteiger partial charge in [-0.05, 0) is 41.5 Å². The zero-order valence-corrected chi connectivity index (χ0v) is 10.9. The van der Waals surface area contributed by atoms with Crippen LogP contribution in [0.2, 0.25) is 0 Å². The Bertz CT molecular complexity index is 481. The predicted octanol–water partition coefficient (Wildman–Crippen LogP) is 4.86. The first kappa shape index (κ1) is 11.9. The molecule has 2 rings (SSSR count). The summed E-state index contributed by atoms with van der Waals surface area (Å²) in [6.45, 7) is 6.77. The van der Waals surface area contributed by atoms with Crippen molar-refractivity contribution in [1.29, 1.82) is 0 Å². The minimum absolute atomic E-state index is 0.693. The molecule has 0 spiro atoms. The van der Waals surface area contributed by atoms with Gasteiger partial charge in [0, 0.05) is 0 Å². The molecule has 0 bridgehead atoms. The van der Waals surface area contributed by atoms with Gasteiger partial charge in [0.15, 0.2) is 0 Å². The van der Waals surface area contributed by atoms with Crippen LogP contribution in [-0.2, 0) is 6.42 Å². The summed E-state index contributed by atoms with van der Waals surface area (Å²) in [6, 6.07) is 17.3. The third-order valence-electron chi connectivity index (χ3n) is 3.11. The lowest BCUT2D eigenvalue weighted by atomic mass is 9.90. The second kappa shape index (κ2) is 5.18. The van der Waals surface area contributed by atoms with Gasteiger partial charge in [0.1, 0.15) is 0 Å². The number of hydrogen-bond acceptors (Lipinski definition) is 0. The lowest BCUT2D eigenvalue weighted by Crippen LogP contribution is -1.99. The molecule has 2 aromatic carbocycles. The van der Waals surface area contributed by atoms with Crippen LogP contribution >= 0.6 is 0 Å². The van der Waals surface area contributed by atoms with E-state index in [0.29, 0.717) is 5.92 Å². The van der Waals surface area contributed by atoms with Crippen molar-refractivity contribution in [2.45, 2.75) is 27.2 Å². The molecule has 0 nitrogen and oxygen atoms in total. The van der Waals surface area contributed by atoms with E-state index < -0.39 is 0 Å². The smallest absolute Gasteiger partial charge is 0.0149 e. The van der Waals surface area contributed by atoms with Gasteiger partial charge in [-0.3, -0.25) is 0 Å². The van der Waals surface area contributed by atoms with Gasteiger partial charge >= 0.3 is 0 Å². The molecule has 0 amide bonds. The fraction of sp³-hybridized carbons (Fsp3) is 0.294. The van der Waals surface area contributed by atoms with E-state index in [0.717, 1.165) is 6.42 Å². The maximum atomic E-state index is 2.28. The number of rotatable bonds is 3. The molecule has 0 heterocycles. The monoisotopic (exact) mass is 224 g/mol. The summed E-state index contributed by atoms with van der Waals surface area (Å²) >= 11 is 0. The Balaban J connectivity index is 2.50. The highest BCUT2D eigenvalue weighted by Crippen LogP contribution is 2.27. The van der Waals surface area contributed by atoms with Crippen LogP contribution in [0.4, 0.5) is 0 Å². The van der Waals surface area contributed by atoms with Gasteiger partial charge in [-0.25, -0.2) is 0 Å². The molecule has 0 unspecified atom stereocenters. The maximum absolute atomic E-state index is 2.28. The predicted molar refractivity (Wildman–Crippen MR) is 75.2 cm³/mol. The largest absolute Gasteiger partial charge is 0.0625 e. The van der Waals surface area contributed by atoms with Crippen molar-refractivity contribution >= 4 is 0 Å². The summed E-state index contributed by atoms with van der Waals surface area (Å²) in [7, 11) is 0. The molecule has 0 radical (unpaired) electrons. The van der Waals surface area contributed by atoms with Crippen LogP contribution in [0.25, 0.3) is 11.1 Å². The summed E-state index contributed by atoms with van der Waals surface area (Å²) in [6.07, 6.45) is 1.15. The molecule has 0 aromatic heterocycles. The maximum Gasteiger partial charge on any atom is -0.0149 e. The van der Waals surface area contributed by atoms with Crippen LogP contribution in [0.3, 0.4) is 0 Å². The van der Waals surface area contributed by atoms with E-state index in [1.807, 2.05) is 0 Å². The van der Waals surface area contributed by atoms with Crippen LogP contribution in [0.5, 0.6) is 0 Å². The molecule has 0 atom stereocenters. The van der Waals surface area contributed by atoms with Gasteiger partial charge in [-0.15, -0.1) is 0 Å². The SMILES string of the molecule is Cc1cccc(-c2ccccc2)c1CC(C)C. The first-order valence-electron chi connectivity index (χ1n) is 6.32. The topological polar surface area (TPSA) is 0 Å². The van der Waals surface area contributed by atoms with Crippen molar-refractivity contribution in [2.24, 2.45) is 5.92 Å². The lowest BCUT2D eigenvalue weighted by molar-refractivity contribution is 0.646. The third-order valence-corrected chi connectivity index (χ3v) is 3.11. The molecule has 0 N–H and O–H groups in total. The van der Waals surface area contributed by atoms with Gasteiger partial charge in [-0.2, -0.15) is 0 Å². The van der Waals surface area contributed by atoms with E-state index in [2.05, 4.69) is 69.3 Å². The molecular weight excluding hydrogens is 204 g/mol. The van der Waals surface area contributed by atoms with Gasteiger partial charge in [0.25, 0.3) is 0 Å². The second-order valence-electron chi connectivity index (χ2n) is 5.07. The summed E-state index contributed by atoms with van der Waals surface area (Å²) in [4.78, 5) is 0. The van der Waals surface area contributed by atoms with E-state index in [-0.39, 0.29) is 0 Å². The highest BCUT2D eigenvalue weighted by Gasteiger charge is 2.08. The van der Waals surface area contributed by atoms with Gasteiger partial charge < -0.3 is 0 Å². The quantitative estimate of drug-likeness (QED) is 0.698. The van der Waals surface area contributed by atoms with Crippen molar-refractivity contribution in [3.05, 3.63) is 59.7 Å². The molecule has 0 aliphatic heterocycles. The normalized spacial score (nSPS) is 10.8. The van der Waals surface area contributed by atoms with Crippen molar-refractivity contribution in [1.82, 2.24) is 0 Å². The fourth-order valence-corrected chi connectivity index (χ4v) is 2.27. The standard InChI is InChI=1S/C17H20/c1-13(2)12-17-14(3)8-7-11-16(17)15-9-5-4-6-10-15/h4-11,13H,12H2,1-3H3. The number of benzene rings is 2. The van der Waals surface area contributed by atoms with Crippen LogP contribution in [0.15, 0.2) is 48.5 Å². The van der Waals surface area contributed by atoms with E-state index >= 15 is 0 Å². The third kappa shape index (κ3) is 2.76. The molecule has 0 saturated heterocycles. The molecule has 2 aromatic rings. The summed E-state index contributed by atoms with van der Waals surface area (Å²) in [5, 5.41) is 0. The van der Waals surface area contributed by atoms with Crippen LogP contribution in [-0.4, -0.2) is 0 Å². The van der Waals surface area contributed by atoms with Gasteiger partial charge in [0.2, 0.25) is 0 Å². The Labute approximate surface area is 104 Å². The molecular formula is C17H20. The molecule has 17 heavy (non-hydrogen) atoms. The minimum Gasteiger partial charge on any atom is -0.0625 e. The summed E-state index contributed by atoms with van der Waals surface area (Å²) in [5.41, 5.74) is 5.61. The first-order valence-corrected chi connectivity index (χ1v) is 6.32. The summed E-state index contributed by atoms with van der Waals surface area (Å²) in [5.74, 6) is 0.693. The zero-order valence-electron chi connectivity index (χ0n) is 10.9. The Morgan fingerprint density at radius 2 is 1.59 bits per heavy atom. The second-order valence-corrected chi connectivity index (χ2v) is 5.07. The average Bonchev–Trinajstić information content (AvgIpc) is 2.32. The highest BCUT2D eigenvalue weighted by atomic mass is 14.1. The van der Waals surface area contributed by atoms with E-state index in [1.165, 1.54) is 22.3 Å². The van der Waals surface area contributed by atoms with E-state index in [9.17, 15) is 0 Å². The molecule has 0 heteroatoms. The lowest BCUT2D eigenvalue weighted by Gasteiger charge is -2.14. The summed E-state index contributed by atoms with van der Waals surface area (Å²) < 4.78 is 0.